The first-order valence-corrected chi connectivity index (χ1v) is 7.08. The summed E-state index contributed by atoms with van der Waals surface area (Å²) in [5.41, 5.74) is 0.355. The zero-order chi connectivity index (χ0) is 13.8. The fourth-order valence-corrected chi connectivity index (χ4v) is 2.10. The Kier molecular flexibility index (Phi) is 4.56. The van der Waals surface area contributed by atoms with Crippen LogP contribution in [0.15, 0.2) is 18.2 Å². The molecule has 0 aliphatic heterocycles. The second-order valence-corrected chi connectivity index (χ2v) is 5.77. The average molecular weight is 375 g/mol. The highest BCUT2D eigenvalue weighted by Gasteiger charge is 2.21. The van der Waals surface area contributed by atoms with Crippen LogP contribution in [0.3, 0.4) is 0 Å². The van der Waals surface area contributed by atoms with Gasteiger partial charge in [-0.25, -0.2) is 0 Å². The lowest BCUT2D eigenvalue weighted by molar-refractivity contribution is -0.384. The van der Waals surface area contributed by atoms with Crippen molar-refractivity contribution in [2.24, 2.45) is 5.92 Å². The molecule has 0 heterocycles. The van der Waals surface area contributed by atoms with Crippen LogP contribution in [0.1, 0.15) is 12.8 Å². The summed E-state index contributed by atoms with van der Waals surface area (Å²) in [7, 11) is 0. The lowest BCUT2D eigenvalue weighted by Crippen LogP contribution is -2.31. The molecule has 2 N–H and O–H groups in total. The van der Waals surface area contributed by atoms with Crippen LogP contribution in [-0.4, -0.2) is 23.9 Å². The minimum atomic E-state index is -0.452. The van der Waals surface area contributed by atoms with E-state index >= 15 is 0 Å². The Morgan fingerprint density at radius 3 is 2.84 bits per heavy atom. The molecule has 0 saturated heterocycles. The van der Waals surface area contributed by atoms with Crippen LogP contribution in [0.25, 0.3) is 0 Å². The number of hydrogen-bond acceptors (Lipinski definition) is 4. The van der Waals surface area contributed by atoms with Gasteiger partial charge in [0.1, 0.15) is 5.69 Å². The number of anilines is 1. The van der Waals surface area contributed by atoms with Crippen LogP contribution in [0.2, 0.25) is 0 Å². The Bertz CT molecular complexity index is 503. The standard InChI is InChI=1S/C12H14IN3O3/c13-9-3-4-10(11(5-9)16(18)19)14-7-12(17)15-6-8-1-2-8/h3-5,8,14H,1-2,6-7H2,(H,15,17). The summed E-state index contributed by atoms with van der Waals surface area (Å²) < 4.78 is 0.785. The van der Waals surface area contributed by atoms with Gasteiger partial charge in [0.05, 0.1) is 11.5 Å². The van der Waals surface area contributed by atoms with E-state index in [4.69, 9.17) is 0 Å². The Balaban J connectivity index is 1.90. The van der Waals surface area contributed by atoms with Gasteiger partial charge in [0.15, 0.2) is 0 Å². The Labute approximate surface area is 124 Å². The largest absolute Gasteiger partial charge is 0.371 e. The maximum absolute atomic E-state index is 11.6. The summed E-state index contributed by atoms with van der Waals surface area (Å²) in [5.74, 6) is 0.483. The molecule has 2 rings (SSSR count). The van der Waals surface area contributed by atoms with Gasteiger partial charge >= 0.3 is 0 Å². The summed E-state index contributed by atoms with van der Waals surface area (Å²) in [6, 6.07) is 4.86. The van der Waals surface area contributed by atoms with E-state index in [1.54, 1.807) is 12.1 Å². The smallest absolute Gasteiger partial charge is 0.293 e. The topological polar surface area (TPSA) is 84.3 Å². The predicted molar refractivity (Wildman–Crippen MR) is 80.0 cm³/mol. The lowest BCUT2D eigenvalue weighted by Gasteiger charge is -2.08. The molecule has 6 nitrogen and oxygen atoms in total. The number of halogens is 1. The van der Waals surface area contributed by atoms with Crippen molar-refractivity contribution >= 4 is 39.9 Å². The van der Waals surface area contributed by atoms with Gasteiger partial charge in [0, 0.05) is 16.2 Å². The molecular weight excluding hydrogens is 361 g/mol. The molecule has 0 radical (unpaired) electrons. The fourth-order valence-electron chi connectivity index (χ4n) is 1.62. The van der Waals surface area contributed by atoms with Gasteiger partial charge in [-0.15, -0.1) is 0 Å². The molecule has 0 spiro atoms. The van der Waals surface area contributed by atoms with Crippen molar-refractivity contribution in [2.75, 3.05) is 18.4 Å². The zero-order valence-corrected chi connectivity index (χ0v) is 12.3. The summed E-state index contributed by atoms with van der Waals surface area (Å²) in [4.78, 5) is 22.0. The van der Waals surface area contributed by atoms with E-state index in [1.807, 2.05) is 22.6 Å². The third kappa shape index (κ3) is 4.34. The van der Waals surface area contributed by atoms with E-state index in [0.717, 1.165) is 3.57 Å². The van der Waals surface area contributed by atoms with E-state index < -0.39 is 4.92 Å². The van der Waals surface area contributed by atoms with E-state index in [1.165, 1.54) is 18.9 Å². The highest BCUT2D eigenvalue weighted by atomic mass is 127. The summed E-state index contributed by atoms with van der Waals surface area (Å²) >= 11 is 2.01. The molecule has 1 aromatic carbocycles. The molecule has 19 heavy (non-hydrogen) atoms. The van der Waals surface area contributed by atoms with E-state index in [9.17, 15) is 14.9 Å². The van der Waals surface area contributed by atoms with Gasteiger partial charge in [0.2, 0.25) is 5.91 Å². The third-order valence-electron chi connectivity index (χ3n) is 2.88. The molecule has 1 aliphatic rings. The number of nitro benzene ring substituents is 1. The number of hydrogen-bond donors (Lipinski definition) is 2. The maximum atomic E-state index is 11.6. The molecule has 0 bridgehead atoms. The number of amides is 1. The lowest BCUT2D eigenvalue weighted by atomic mass is 10.2. The second kappa shape index (κ2) is 6.18. The van der Waals surface area contributed by atoms with Crippen LogP contribution < -0.4 is 10.6 Å². The minimum Gasteiger partial charge on any atom is -0.371 e. The molecule has 0 unspecified atom stereocenters. The first kappa shape index (κ1) is 14.0. The number of benzene rings is 1. The Morgan fingerprint density at radius 1 is 1.47 bits per heavy atom. The number of nitrogens with one attached hydrogen (secondary N) is 2. The number of carbonyl (C=O) groups is 1. The number of nitro groups is 1. The van der Waals surface area contributed by atoms with Gasteiger partial charge in [-0.05, 0) is 53.5 Å². The summed E-state index contributed by atoms with van der Waals surface area (Å²) in [5, 5.41) is 16.5. The van der Waals surface area contributed by atoms with Crippen molar-refractivity contribution in [3.63, 3.8) is 0 Å². The quantitative estimate of drug-likeness (QED) is 0.453. The molecule has 1 fully saturated rings. The van der Waals surface area contributed by atoms with E-state index in [0.29, 0.717) is 18.2 Å². The number of carbonyl (C=O) groups excluding carboxylic acids is 1. The molecular formula is C12H14IN3O3. The van der Waals surface area contributed by atoms with Gasteiger partial charge in [0.25, 0.3) is 5.69 Å². The first-order chi connectivity index (χ1) is 9.06. The number of nitrogens with zero attached hydrogens (tertiary/aromatic N) is 1. The van der Waals surface area contributed by atoms with E-state index in [-0.39, 0.29) is 18.1 Å². The van der Waals surface area contributed by atoms with Gasteiger partial charge < -0.3 is 10.6 Å². The molecule has 1 aromatic rings. The van der Waals surface area contributed by atoms with Crippen molar-refractivity contribution in [1.82, 2.24) is 5.32 Å². The maximum Gasteiger partial charge on any atom is 0.293 e. The molecule has 1 saturated carbocycles. The molecule has 1 amide bonds. The van der Waals surface area contributed by atoms with Crippen LogP contribution >= 0.6 is 22.6 Å². The van der Waals surface area contributed by atoms with Crippen molar-refractivity contribution in [3.8, 4) is 0 Å². The predicted octanol–water partition coefficient (Wildman–Crippen LogP) is 2.14. The first-order valence-electron chi connectivity index (χ1n) is 6.01. The average Bonchev–Trinajstić information content (AvgIpc) is 3.18. The highest BCUT2D eigenvalue weighted by Crippen LogP contribution is 2.27. The highest BCUT2D eigenvalue weighted by molar-refractivity contribution is 14.1. The molecule has 0 aromatic heterocycles. The second-order valence-electron chi connectivity index (χ2n) is 4.52. The van der Waals surface area contributed by atoms with Crippen LogP contribution in [-0.2, 0) is 4.79 Å². The zero-order valence-electron chi connectivity index (χ0n) is 10.2. The fraction of sp³-hybridized carbons (Fsp3) is 0.417. The Morgan fingerprint density at radius 2 is 2.21 bits per heavy atom. The van der Waals surface area contributed by atoms with Crippen LogP contribution in [0.5, 0.6) is 0 Å². The van der Waals surface area contributed by atoms with Gasteiger partial charge in [-0.2, -0.15) is 0 Å². The van der Waals surface area contributed by atoms with Crippen LogP contribution in [0, 0.1) is 19.6 Å². The third-order valence-corrected chi connectivity index (χ3v) is 3.55. The molecule has 102 valence electrons. The van der Waals surface area contributed by atoms with Gasteiger partial charge in [-0.3, -0.25) is 14.9 Å². The molecule has 0 atom stereocenters. The summed E-state index contributed by atoms with van der Waals surface area (Å²) in [6.45, 7) is 0.753. The monoisotopic (exact) mass is 375 g/mol. The molecule has 1 aliphatic carbocycles. The normalized spacial score (nSPS) is 13.9. The van der Waals surface area contributed by atoms with Crippen molar-refractivity contribution < 1.29 is 9.72 Å². The molecule has 7 heteroatoms. The Hall–Kier alpha value is -1.38. The van der Waals surface area contributed by atoms with Crippen molar-refractivity contribution in [3.05, 3.63) is 31.9 Å². The van der Waals surface area contributed by atoms with Gasteiger partial charge in [-0.1, -0.05) is 0 Å². The summed E-state index contributed by atoms with van der Waals surface area (Å²) in [6.07, 6.45) is 2.35. The minimum absolute atomic E-state index is 0.0121. The SMILES string of the molecule is O=C(CNc1ccc(I)cc1[N+](=O)[O-])NCC1CC1. The van der Waals surface area contributed by atoms with Crippen molar-refractivity contribution in [1.29, 1.82) is 0 Å². The van der Waals surface area contributed by atoms with E-state index in [2.05, 4.69) is 10.6 Å². The number of rotatable bonds is 6. The van der Waals surface area contributed by atoms with Crippen LogP contribution in [0.4, 0.5) is 11.4 Å². The van der Waals surface area contributed by atoms with Crippen molar-refractivity contribution in [2.45, 2.75) is 12.8 Å².